The lowest BCUT2D eigenvalue weighted by atomic mass is 9.93. The quantitative estimate of drug-likeness (QED) is 0.356. The Hall–Kier alpha value is -3.94. The van der Waals surface area contributed by atoms with Gasteiger partial charge in [-0.2, -0.15) is 8.78 Å². The van der Waals surface area contributed by atoms with Crippen molar-refractivity contribution in [3.63, 3.8) is 0 Å². The number of allylic oxidation sites excluding steroid dienone is 1. The average molecular weight is 478 g/mol. The first kappa shape index (κ1) is 24.2. The molecule has 1 aromatic heterocycles. The molecule has 1 fully saturated rings. The fourth-order valence-electron chi connectivity index (χ4n) is 4.26. The lowest BCUT2D eigenvalue weighted by molar-refractivity contribution is -0.0500. The SMILES string of the molecule is NC(=CC(N)=NC(c1ccccc1)c1ccccc1)C1CCN(c2ccc(OC(F)F)cn2)CC1. The van der Waals surface area contributed by atoms with Crippen LogP contribution >= 0.6 is 0 Å². The first-order chi connectivity index (χ1) is 17.0. The van der Waals surface area contributed by atoms with Gasteiger partial charge in [0.05, 0.1) is 6.20 Å². The Balaban J connectivity index is 1.41. The zero-order chi connectivity index (χ0) is 24.6. The smallest absolute Gasteiger partial charge is 0.387 e. The molecule has 35 heavy (non-hydrogen) atoms. The van der Waals surface area contributed by atoms with Crippen LogP contribution in [0.3, 0.4) is 0 Å². The monoisotopic (exact) mass is 477 g/mol. The number of piperidine rings is 1. The van der Waals surface area contributed by atoms with E-state index in [1.807, 2.05) is 60.7 Å². The summed E-state index contributed by atoms with van der Waals surface area (Å²) in [6, 6.07) is 23.0. The third kappa shape index (κ3) is 6.56. The number of hydrogen-bond acceptors (Lipinski definition) is 5. The Labute approximate surface area is 203 Å². The molecule has 8 heteroatoms. The fraction of sp³-hybridized carbons (Fsp3) is 0.259. The van der Waals surface area contributed by atoms with Crippen LogP contribution in [0.4, 0.5) is 14.6 Å². The van der Waals surface area contributed by atoms with E-state index in [0.717, 1.165) is 42.9 Å². The van der Waals surface area contributed by atoms with Crippen molar-refractivity contribution in [2.45, 2.75) is 25.5 Å². The van der Waals surface area contributed by atoms with Gasteiger partial charge in [-0.25, -0.2) is 4.98 Å². The zero-order valence-electron chi connectivity index (χ0n) is 19.3. The minimum absolute atomic E-state index is 0.0462. The zero-order valence-corrected chi connectivity index (χ0v) is 19.3. The molecular formula is C27H29F2N5O. The van der Waals surface area contributed by atoms with Gasteiger partial charge in [0.25, 0.3) is 0 Å². The first-order valence-electron chi connectivity index (χ1n) is 11.6. The van der Waals surface area contributed by atoms with E-state index < -0.39 is 6.61 Å². The number of ether oxygens (including phenoxy) is 1. The van der Waals surface area contributed by atoms with Crippen molar-refractivity contribution in [1.29, 1.82) is 0 Å². The second-order valence-corrected chi connectivity index (χ2v) is 8.41. The highest BCUT2D eigenvalue weighted by Gasteiger charge is 2.22. The van der Waals surface area contributed by atoms with Crippen molar-refractivity contribution in [3.8, 4) is 5.75 Å². The molecule has 0 spiro atoms. The Bertz CT molecular complexity index is 1090. The lowest BCUT2D eigenvalue weighted by Gasteiger charge is -2.33. The van der Waals surface area contributed by atoms with E-state index in [9.17, 15) is 8.78 Å². The highest BCUT2D eigenvalue weighted by atomic mass is 19.3. The van der Waals surface area contributed by atoms with Crippen molar-refractivity contribution in [3.05, 3.63) is 102 Å². The van der Waals surface area contributed by atoms with E-state index in [-0.39, 0.29) is 17.7 Å². The molecule has 0 aliphatic carbocycles. The number of anilines is 1. The number of rotatable bonds is 8. The number of aromatic nitrogens is 1. The van der Waals surface area contributed by atoms with Gasteiger partial charge < -0.3 is 21.1 Å². The van der Waals surface area contributed by atoms with Gasteiger partial charge in [0.15, 0.2) is 0 Å². The van der Waals surface area contributed by atoms with E-state index in [1.165, 1.54) is 12.3 Å². The number of amidine groups is 1. The molecule has 1 aliphatic rings. The molecule has 0 atom stereocenters. The summed E-state index contributed by atoms with van der Waals surface area (Å²) in [6.07, 6.45) is 4.74. The largest absolute Gasteiger partial charge is 0.433 e. The molecule has 6 nitrogen and oxygen atoms in total. The number of benzene rings is 2. The summed E-state index contributed by atoms with van der Waals surface area (Å²) < 4.78 is 29.0. The van der Waals surface area contributed by atoms with Gasteiger partial charge in [-0.15, -0.1) is 0 Å². The summed E-state index contributed by atoms with van der Waals surface area (Å²) in [7, 11) is 0. The first-order valence-corrected chi connectivity index (χ1v) is 11.6. The van der Waals surface area contributed by atoms with Crippen LogP contribution in [0.5, 0.6) is 5.75 Å². The number of alkyl halides is 2. The Morgan fingerprint density at radius 1 is 0.943 bits per heavy atom. The molecule has 0 saturated carbocycles. The van der Waals surface area contributed by atoms with Crippen molar-refractivity contribution in [1.82, 2.24) is 4.98 Å². The van der Waals surface area contributed by atoms with Gasteiger partial charge in [-0.05, 0) is 42.2 Å². The third-order valence-electron chi connectivity index (χ3n) is 6.06. The maximum Gasteiger partial charge on any atom is 0.387 e. The van der Waals surface area contributed by atoms with Crippen LogP contribution in [0.25, 0.3) is 0 Å². The summed E-state index contributed by atoms with van der Waals surface area (Å²) in [5.74, 6) is 1.33. The second-order valence-electron chi connectivity index (χ2n) is 8.41. The molecule has 0 amide bonds. The minimum Gasteiger partial charge on any atom is -0.433 e. The summed E-state index contributed by atoms with van der Waals surface area (Å²) in [4.78, 5) is 11.1. The van der Waals surface area contributed by atoms with E-state index in [2.05, 4.69) is 14.6 Å². The Morgan fingerprint density at radius 2 is 1.54 bits per heavy atom. The van der Waals surface area contributed by atoms with Gasteiger partial charge in [0.1, 0.15) is 23.4 Å². The van der Waals surface area contributed by atoms with Crippen molar-refractivity contribution < 1.29 is 13.5 Å². The van der Waals surface area contributed by atoms with E-state index in [0.29, 0.717) is 11.5 Å². The summed E-state index contributed by atoms with van der Waals surface area (Å²) in [6.45, 7) is -1.37. The van der Waals surface area contributed by atoms with Gasteiger partial charge in [-0.3, -0.25) is 4.99 Å². The van der Waals surface area contributed by atoms with Crippen LogP contribution in [0, 0.1) is 5.92 Å². The van der Waals surface area contributed by atoms with Crippen LogP contribution in [0.2, 0.25) is 0 Å². The van der Waals surface area contributed by atoms with E-state index in [1.54, 1.807) is 12.1 Å². The highest BCUT2D eigenvalue weighted by Crippen LogP contribution is 2.28. The van der Waals surface area contributed by atoms with Gasteiger partial charge in [0.2, 0.25) is 0 Å². The number of nitrogens with two attached hydrogens (primary N) is 2. The molecule has 182 valence electrons. The number of halogens is 2. The van der Waals surface area contributed by atoms with Crippen molar-refractivity contribution >= 4 is 11.7 Å². The molecule has 4 N–H and O–H groups in total. The molecule has 0 unspecified atom stereocenters. The molecule has 3 aromatic rings. The predicted octanol–water partition coefficient (Wildman–Crippen LogP) is 4.89. The average Bonchev–Trinajstić information content (AvgIpc) is 2.88. The maximum absolute atomic E-state index is 12.3. The number of nitrogens with zero attached hydrogens (tertiary/aromatic N) is 3. The minimum atomic E-state index is -2.86. The maximum atomic E-state index is 12.3. The number of pyridine rings is 1. The van der Waals surface area contributed by atoms with Gasteiger partial charge in [0, 0.05) is 24.7 Å². The molecular weight excluding hydrogens is 448 g/mol. The highest BCUT2D eigenvalue weighted by molar-refractivity contribution is 5.92. The molecule has 2 heterocycles. The molecule has 0 bridgehead atoms. The van der Waals surface area contributed by atoms with Gasteiger partial charge >= 0.3 is 6.61 Å². The van der Waals surface area contributed by atoms with E-state index in [4.69, 9.17) is 16.5 Å². The van der Waals surface area contributed by atoms with Crippen molar-refractivity contribution in [2.75, 3.05) is 18.0 Å². The van der Waals surface area contributed by atoms with Crippen LogP contribution in [0.15, 0.2) is 95.8 Å². The normalized spacial score (nSPS) is 15.6. The van der Waals surface area contributed by atoms with Gasteiger partial charge in [-0.1, -0.05) is 60.7 Å². The van der Waals surface area contributed by atoms with Crippen molar-refractivity contribution in [2.24, 2.45) is 22.4 Å². The van der Waals surface area contributed by atoms with Crippen LogP contribution < -0.4 is 21.1 Å². The Morgan fingerprint density at radius 3 is 2.06 bits per heavy atom. The lowest BCUT2D eigenvalue weighted by Crippen LogP contribution is -2.36. The topological polar surface area (TPSA) is 89.8 Å². The summed E-state index contributed by atoms with van der Waals surface area (Å²) in [5, 5.41) is 0. The predicted molar refractivity (Wildman–Crippen MR) is 134 cm³/mol. The number of aliphatic imine (C=N–C) groups is 1. The molecule has 4 rings (SSSR count). The molecule has 0 radical (unpaired) electrons. The number of hydrogen-bond donors (Lipinski definition) is 2. The van der Waals surface area contributed by atoms with Crippen LogP contribution in [0.1, 0.15) is 30.0 Å². The van der Waals surface area contributed by atoms with Crippen LogP contribution in [-0.2, 0) is 0 Å². The standard InChI is InChI=1S/C27H29F2N5O/c28-27(29)35-22-11-12-25(32-18-22)34-15-13-19(14-16-34)23(30)17-24(31)33-26(20-7-3-1-4-8-20)21-9-5-2-6-10-21/h1-12,17-19,26-27H,13-16,30H2,(H2,31,33). The summed E-state index contributed by atoms with van der Waals surface area (Å²) in [5.41, 5.74) is 15.6. The summed E-state index contributed by atoms with van der Waals surface area (Å²) >= 11 is 0. The molecule has 1 saturated heterocycles. The third-order valence-corrected chi connectivity index (χ3v) is 6.06. The van der Waals surface area contributed by atoms with Crippen LogP contribution in [-0.4, -0.2) is 30.5 Å². The van der Waals surface area contributed by atoms with E-state index >= 15 is 0 Å². The fourth-order valence-corrected chi connectivity index (χ4v) is 4.26. The Kier molecular flexibility index (Phi) is 7.92. The second kappa shape index (κ2) is 11.5. The molecule has 1 aliphatic heterocycles. The molecule has 2 aromatic carbocycles.